The number of imide groups is 1. The summed E-state index contributed by atoms with van der Waals surface area (Å²) in [5.41, 5.74) is -0.512. The number of nitrogens with one attached hydrogen (secondary N) is 1. The highest BCUT2D eigenvalue weighted by Gasteiger charge is 2.54. The molecule has 2 saturated heterocycles. The molecule has 2 aliphatic heterocycles. The molecule has 7 heteroatoms. The van der Waals surface area contributed by atoms with Crippen molar-refractivity contribution in [2.24, 2.45) is 11.3 Å². The van der Waals surface area contributed by atoms with Gasteiger partial charge in [-0.1, -0.05) is 20.8 Å². The summed E-state index contributed by atoms with van der Waals surface area (Å²) in [7, 11) is 3.49. The zero-order valence-corrected chi connectivity index (χ0v) is 17.4. The quantitative estimate of drug-likeness (QED) is 0.763. The first-order valence-electron chi connectivity index (χ1n) is 10.1. The third kappa shape index (κ3) is 3.71. The Labute approximate surface area is 162 Å². The molecule has 7 nitrogen and oxygen atoms in total. The second-order valence-corrected chi connectivity index (χ2v) is 9.73. The molecule has 1 saturated carbocycles. The molecule has 27 heavy (non-hydrogen) atoms. The van der Waals surface area contributed by atoms with E-state index >= 15 is 0 Å². The second-order valence-electron chi connectivity index (χ2n) is 9.73. The fraction of sp³-hybridized carbons (Fsp3) is 0.850. The molecular weight excluding hydrogens is 344 g/mol. The first kappa shape index (κ1) is 20.1. The number of rotatable bonds is 3. The van der Waals surface area contributed by atoms with Crippen molar-refractivity contribution in [2.45, 2.75) is 70.9 Å². The van der Waals surface area contributed by atoms with E-state index in [1.54, 1.807) is 19.0 Å². The van der Waals surface area contributed by atoms with Gasteiger partial charge in [0.05, 0.1) is 12.7 Å². The maximum absolute atomic E-state index is 13.2. The Bertz CT molecular complexity index is 617. The van der Waals surface area contributed by atoms with Gasteiger partial charge in [0, 0.05) is 20.6 Å². The van der Waals surface area contributed by atoms with E-state index in [0.717, 1.165) is 32.2 Å². The molecule has 3 rings (SSSR count). The Kier molecular flexibility index (Phi) is 5.27. The van der Waals surface area contributed by atoms with Gasteiger partial charge in [-0.2, -0.15) is 0 Å². The fourth-order valence-corrected chi connectivity index (χ4v) is 4.87. The highest BCUT2D eigenvalue weighted by molar-refractivity contribution is 6.07. The van der Waals surface area contributed by atoms with Gasteiger partial charge in [0.1, 0.15) is 5.54 Å². The normalized spacial score (nSPS) is 32.3. The van der Waals surface area contributed by atoms with Gasteiger partial charge in [-0.3, -0.25) is 14.5 Å². The lowest BCUT2D eigenvalue weighted by Gasteiger charge is -2.40. The van der Waals surface area contributed by atoms with Crippen LogP contribution in [-0.4, -0.2) is 71.4 Å². The van der Waals surface area contributed by atoms with E-state index < -0.39 is 5.54 Å². The van der Waals surface area contributed by atoms with Gasteiger partial charge >= 0.3 is 6.03 Å². The van der Waals surface area contributed by atoms with E-state index in [9.17, 15) is 14.4 Å². The van der Waals surface area contributed by atoms with E-state index in [0.29, 0.717) is 18.8 Å². The van der Waals surface area contributed by atoms with Crippen LogP contribution in [-0.2, 0) is 9.59 Å². The number of nitrogens with zero attached hydrogens (tertiary/aromatic N) is 3. The van der Waals surface area contributed by atoms with Crippen molar-refractivity contribution in [3.05, 3.63) is 0 Å². The van der Waals surface area contributed by atoms with Crippen molar-refractivity contribution < 1.29 is 14.4 Å². The summed E-state index contributed by atoms with van der Waals surface area (Å²) in [6.45, 7) is 7.67. The molecular formula is C20H34N4O3. The highest BCUT2D eigenvalue weighted by atomic mass is 16.2. The summed E-state index contributed by atoms with van der Waals surface area (Å²) >= 11 is 0. The molecule has 0 aromatic rings. The number of likely N-dealkylation sites (tertiary alicyclic amines) is 1. The van der Waals surface area contributed by atoms with Gasteiger partial charge in [0.2, 0.25) is 5.91 Å². The average molecular weight is 379 g/mol. The summed E-state index contributed by atoms with van der Waals surface area (Å²) in [5, 5.41) is 3.00. The van der Waals surface area contributed by atoms with Crippen molar-refractivity contribution >= 4 is 17.8 Å². The van der Waals surface area contributed by atoms with E-state index in [1.165, 1.54) is 4.90 Å². The van der Waals surface area contributed by atoms with Crippen LogP contribution in [0.3, 0.4) is 0 Å². The molecule has 0 radical (unpaired) electrons. The van der Waals surface area contributed by atoms with Gasteiger partial charge in [-0.15, -0.1) is 0 Å². The van der Waals surface area contributed by atoms with Crippen LogP contribution in [0.4, 0.5) is 4.79 Å². The number of hydrogen-bond acceptors (Lipinski definition) is 4. The summed E-state index contributed by atoms with van der Waals surface area (Å²) in [6, 6.07) is -0.550. The van der Waals surface area contributed by atoms with E-state index in [2.05, 4.69) is 26.1 Å². The molecule has 152 valence electrons. The van der Waals surface area contributed by atoms with E-state index in [-0.39, 0.29) is 36.0 Å². The average Bonchev–Trinajstić information content (AvgIpc) is 3.13. The molecule has 2 heterocycles. The Hall–Kier alpha value is -1.63. The molecule has 4 amide bonds. The van der Waals surface area contributed by atoms with Gasteiger partial charge < -0.3 is 10.2 Å². The van der Waals surface area contributed by atoms with Crippen LogP contribution in [0.5, 0.6) is 0 Å². The summed E-state index contributed by atoms with van der Waals surface area (Å²) in [6.07, 6.45) is 5.00. The fourth-order valence-electron chi connectivity index (χ4n) is 4.87. The van der Waals surface area contributed by atoms with Crippen LogP contribution in [0.25, 0.3) is 0 Å². The lowest BCUT2D eigenvalue weighted by atomic mass is 9.67. The number of urea groups is 1. The topological polar surface area (TPSA) is 73.0 Å². The Morgan fingerprint density at radius 2 is 1.81 bits per heavy atom. The molecule has 1 aliphatic carbocycles. The third-order valence-electron chi connectivity index (χ3n) is 6.72. The van der Waals surface area contributed by atoms with Gasteiger partial charge in [-0.25, -0.2) is 9.69 Å². The number of carbonyl (C=O) groups is 3. The van der Waals surface area contributed by atoms with Crippen molar-refractivity contribution in [3.8, 4) is 0 Å². The third-order valence-corrected chi connectivity index (χ3v) is 6.72. The van der Waals surface area contributed by atoms with Crippen LogP contribution in [0.15, 0.2) is 0 Å². The lowest BCUT2D eigenvalue weighted by Crippen LogP contribution is -2.52. The lowest BCUT2D eigenvalue weighted by molar-refractivity contribution is -0.138. The molecule has 0 aromatic heterocycles. The maximum atomic E-state index is 13.2. The largest absolute Gasteiger partial charge is 0.347 e. The molecule has 0 aromatic carbocycles. The SMILES string of the molecule is CN(C)C(=O)[C@H]1CCCN1CN1C(=O)NC2(CCC(C(C)(C)C)CC2)C1=O. The zero-order chi connectivity index (χ0) is 20.0. The van der Waals surface area contributed by atoms with Crippen molar-refractivity contribution in [3.63, 3.8) is 0 Å². The molecule has 1 atom stereocenters. The predicted molar refractivity (Wildman–Crippen MR) is 103 cm³/mol. The number of carbonyl (C=O) groups excluding carboxylic acids is 3. The number of likely N-dealkylation sites (N-methyl/N-ethyl adjacent to an activating group) is 1. The summed E-state index contributed by atoms with van der Waals surface area (Å²) in [4.78, 5) is 43.1. The van der Waals surface area contributed by atoms with Crippen molar-refractivity contribution in [2.75, 3.05) is 27.3 Å². The minimum atomic E-state index is -0.736. The van der Waals surface area contributed by atoms with Gasteiger partial charge in [0.25, 0.3) is 5.91 Å². The van der Waals surface area contributed by atoms with Crippen molar-refractivity contribution in [1.29, 1.82) is 0 Å². The Morgan fingerprint density at radius 1 is 1.19 bits per heavy atom. The standard InChI is InChI=1S/C20H34N4O3/c1-19(2,3)14-8-10-20(11-9-14)17(26)24(18(27)21-20)13-23-12-6-7-15(23)16(25)22(4)5/h14-15H,6-13H2,1-5H3,(H,21,27)/t14?,15-,20?/m1/s1. The van der Waals surface area contributed by atoms with Crippen LogP contribution in [0.1, 0.15) is 59.3 Å². The number of hydrogen-bond donors (Lipinski definition) is 1. The van der Waals surface area contributed by atoms with Crippen LogP contribution < -0.4 is 5.32 Å². The van der Waals surface area contributed by atoms with E-state index in [4.69, 9.17) is 0 Å². The van der Waals surface area contributed by atoms with Gasteiger partial charge in [0.15, 0.2) is 0 Å². The van der Waals surface area contributed by atoms with Crippen LogP contribution in [0.2, 0.25) is 0 Å². The summed E-state index contributed by atoms with van der Waals surface area (Å²) < 4.78 is 0. The molecule has 0 unspecified atom stereocenters. The molecule has 0 bridgehead atoms. The minimum Gasteiger partial charge on any atom is -0.347 e. The molecule has 3 aliphatic rings. The van der Waals surface area contributed by atoms with E-state index in [1.807, 2.05) is 4.90 Å². The summed E-state index contributed by atoms with van der Waals surface area (Å²) in [5.74, 6) is 0.505. The van der Waals surface area contributed by atoms with Crippen molar-refractivity contribution in [1.82, 2.24) is 20.0 Å². The molecule has 3 fully saturated rings. The minimum absolute atomic E-state index is 0.0416. The smallest absolute Gasteiger partial charge is 0.326 e. The highest BCUT2D eigenvalue weighted by Crippen LogP contribution is 2.43. The molecule has 1 N–H and O–H groups in total. The Morgan fingerprint density at radius 3 is 2.37 bits per heavy atom. The first-order valence-corrected chi connectivity index (χ1v) is 10.1. The van der Waals surface area contributed by atoms with Crippen LogP contribution in [0, 0.1) is 11.3 Å². The Balaban J connectivity index is 1.68. The maximum Gasteiger partial charge on any atom is 0.326 e. The first-order chi connectivity index (χ1) is 12.5. The van der Waals surface area contributed by atoms with Gasteiger partial charge in [-0.05, 0) is 49.9 Å². The monoisotopic (exact) mass is 378 g/mol. The number of amides is 4. The second kappa shape index (κ2) is 7.08. The predicted octanol–water partition coefficient (Wildman–Crippen LogP) is 2.02. The van der Waals surface area contributed by atoms with Crippen LogP contribution >= 0.6 is 0 Å². The molecule has 1 spiro atoms. The zero-order valence-electron chi connectivity index (χ0n) is 17.4.